The van der Waals surface area contributed by atoms with Gasteiger partial charge in [0.15, 0.2) is 0 Å². The van der Waals surface area contributed by atoms with E-state index in [9.17, 15) is 9.18 Å². The molecule has 1 aromatic heterocycles. The monoisotopic (exact) mass is 424 g/mol. The lowest BCUT2D eigenvalue weighted by Crippen LogP contribution is -2.40. The van der Waals surface area contributed by atoms with Crippen LogP contribution < -0.4 is 5.32 Å². The van der Waals surface area contributed by atoms with Gasteiger partial charge in [0.1, 0.15) is 5.82 Å². The van der Waals surface area contributed by atoms with Gasteiger partial charge in [-0.05, 0) is 92.0 Å². The summed E-state index contributed by atoms with van der Waals surface area (Å²) >= 11 is 6.01. The Kier molecular flexibility index (Phi) is 6.33. The van der Waals surface area contributed by atoms with E-state index in [0.29, 0.717) is 23.3 Å². The Morgan fingerprint density at radius 1 is 1.17 bits per heavy atom. The molecule has 0 bridgehead atoms. The Hall–Kier alpha value is -2.46. The average molecular weight is 425 g/mol. The van der Waals surface area contributed by atoms with Gasteiger partial charge in [-0.1, -0.05) is 23.7 Å². The number of pyridine rings is 1. The van der Waals surface area contributed by atoms with Crippen molar-refractivity contribution in [3.05, 3.63) is 76.7 Å². The molecule has 1 N–H and O–H groups in total. The topological polar surface area (TPSA) is 42.0 Å². The number of hydrogen-bond donors (Lipinski definition) is 1. The third-order valence-electron chi connectivity index (χ3n) is 6.30. The second-order valence-corrected chi connectivity index (χ2v) is 8.77. The second-order valence-electron chi connectivity index (χ2n) is 8.34. The molecular formula is C25H26ClFN2O. The van der Waals surface area contributed by atoms with Gasteiger partial charge in [-0.25, -0.2) is 4.39 Å². The van der Waals surface area contributed by atoms with Crippen LogP contribution in [0.3, 0.4) is 0 Å². The molecule has 1 aliphatic rings. The van der Waals surface area contributed by atoms with Gasteiger partial charge in [0.05, 0.1) is 11.9 Å². The summed E-state index contributed by atoms with van der Waals surface area (Å²) in [6, 6.07) is 14.4. The standard InChI is InChI=1S/C25H26ClFN2O/c1-16(29-25(30)14-17-3-2-4-20(26)13-17)18-5-7-19(8-6-18)22-11-12-28-24-10-9-21(27)15-23(22)24/h2-4,9-13,15-16,18-19H,5-8,14H2,1H3,(H,29,30)/t16-,18?,19?/m1/s1. The lowest BCUT2D eigenvalue weighted by molar-refractivity contribution is -0.121. The molecule has 0 unspecified atom stereocenters. The molecule has 5 heteroatoms. The fourth-order valence-electron chi connectivity index (χ4n) is 4.68. The summed E-state index contributed by atoms with van der Waals surface area (Å²) in [7, 11) is 0. The molecule has 0 saturated heterocycles. The summed E-state index contributed by atoms with van der Waals surface area (Å²) in [5, 5.41) is 4.74. The zero-order valence-corrected chi connectivity index (χ0v) is 17.8. The molecule has 4 rings (SSSR count). The van der Waals surface area contributed by atoms with Crippen LogP contribution in [-0.2, 0) is 11.2 Å². The largest absolute Gasteiger partial charge is 0.353 e. The molecule has 1 saturated carbocycles. The Bertz CT molecular complexity index is 1050. The van der Waals surface area contributed by atoms with Crippen LogP contribution in [-0.4, -0.2) is 16.9 Å². The summed E-state index contributed by atoms with van der Waals surface area (Å²) in [4.78, 5) is 16.8. The van der Waals surface area contributed by atoms with E-state index < -0.39 is 0 Å². The number of carbonyl (C=O) groups excluding carboxylic acids is 1. The second kappa shape index (κ2) is 9.13. The van der Waals surface area contributed by atoms with Gasteiger partial charge in [0, 0.05) is 22.6 Å². The maximum Gasteiger partial charge on any atom is 0.224 e. The van der Waals surface area contributed by atoms with Crippen LogP contribution in [0.2, 0.25) is 5.02 Å². The molecule has 1 atom stereocenters. The van der Waals surface area contributed by atoms with Crippen LogP contribution in [0.5, 0.6) is 0 Å². The van der Waals surface area contributed by atoms with Gasteiger partial charge in [0.25, 0.3) is 0 Å². The molecule has 156 valence electrons. The third-order valence-corrected chi connectivity index (χ3v) is 6.53. The number of halogens is 2. The number of hydrogen-bond acceptors (Lipinski definition) is 2. The Morgan fingerprint density at radius 3 is 2.73 bits per heavy atom. The number of rotatable bonds is 5. The average Bonchev–Trinajstić information content (AvgIpc) is 2.73. The maximum atomic E-state index is 13.8. The number of nitrogens with zero attached hydrogens (tertiary/aromatic N) is 1. The molecule has 1 aliphatic carbocycles. The van der Waals surface area contributed by atoms with E-state index in [-0.39, 0.29) is 17.8 Å². The van der Waals surface area contributed by atoms with E-state index in [0.717, 1.165) is 42.1 Å². The van der Waals surface area contributed by atoms with Gasteiger partial charge >= 0.3 is 0 Å². The molecule has 2 aromatic carbocycles. The first-order chi connectivity index (χ1) is 14.5. The normalized spacial score (nSPS) is 20.1. The van der Waals surface area contributed by atoms with Crippen molar-refractivity contribution >= 4 is 28.4 Å². The highest BCUT2D eigenvalue weighted by atomic mass is 35.5. The number of carbonyl (C=O) groups is 1. The molecule has 1 fully saturated rings. The predicted molar refractivity (Wildman–Crippen MR) is 119 cm³/mol. The van der Waals surface area contributed by atoms with E-state index >= 15 is 0 Å². The van der Waals surface area contributed by atoms with Gasteiger partial charge in [-0.2, -0.15) is 0 Å². The highest BCUT2D eigenvalue weighted by Crippen LogP contribution is 2.39. The van der Waals surface area contributed by atoms with Crippen LogP contribution in [0, 0.1) is 11.7 Å². The van der Waals surface area contributed by atoms with Crippen molar-refractivity contribution in [2.75, 3.05) is 0 Å². The van der Waals surface area contributed by atoms with Gasteiger partial charge < -0.3 is 5.32 Å². The first-order valence-corrected chi connectivity index (χ1v) is 11.0. The fraction of sp³-hybridized carbons (Fsp3) is 0.360. The minimum atomic E-state index is -0.221. The van der Waals surface area contributed by atoms with Crippen molar-refractivity contribution in [1.29, 1.82) is 0 Å². The number of benzene rings is 2. The van der Waals surface area contributed by atoms with E-state index in [1.807, 2.05) is 36.5 Å². The van der Waals surface area contributed by atoms with E-state index in [1.54, 1.807) is 12.1 Å². The van der Waals surface area contributed by atoms with Crippen LogP contribution >= 0.6 is 11.6 Å². The zero-order chi connectivity index (χ0) is 21.1. The van der Waals surface area contributed by atoms with E-state index in [1.165, 1.54) is 11.6 Å². The van der Waals surface area contributed by atoms with Crippen molar-refractivity contribution in [3.8, 4) is 0 Å². The molecule has 3 nitrogen and oxygen atoms in total. The molecular weight excluding hydrogens is 399 g/mol. The Balaban J connectivity index is 1.35. The zero-order valence-electron chi connectivity index (χ0n) is 17.1. The Labute approximate surface area is 181 Å². The maximum absolute atomic E-state index is 13.8. The molecule has 0 aliphatic heterocycles. The number of aromatic nitrogens is 1. The van der Waals surface area contributed by atoms with Crippen LogP contribution in [0.15, 0.2) is 54.7 Å². The highest BCUT2D eigenvalue weighted by molar-refractivity contribution is 6.30. The first-order valence-electron chi connectivity index (χ1n) is 10.6. The summed E-state index contributed by atoms with van der Waals surface area (Å²) in [5.41, 5.74) is 2.96. The summed E-state index contributed by atoms with van der Waals surface area (Å²) < 4.78 is 13.8. The van der Waals surface area contributed by atoms with Crippen molar-refractivity contribution in [2.24, 2.45) is 5.92 Å². The van der Waals surface area contributed by atoms with Gasteiger partial charge in [0.2, 0.25) is 5.91 Å². The molecule has 1 amide bonds. The number of amides is 1. The van der Waals surface area contributed by atoms with Crippen LogP contribution in [0.1, 0.15) is 49.7 Å². The summed E-state index contributed by atoms with van der Waals surface area (Å²) in [5.74, 6) is 0.668. The first kappa shape index (κ1) is 20.8. The van der Waals surface area contributed by atoms with Crippen LogP contribution in [0.4, 0.5) is 4.39 Å². The lowest BCUT2D eigenvalue weighted by atomic mass is 9.75. The molecule has 0 spiro atoms. The molecule has 0 radical (unpaired) electrons. The SMILES string of the molecule is C[C@@H](NC(=O)Cc1cccc(Cl)c1)C1CCC(c2ccnc3ccc(F)cc23)CC1. The highest BCUT2D eigenvalue weighted by Gasteiger charge is 2.27. The third kappa shape index (κ3) is 4.81. The van der Waals surface area contributed by atoms with Crippen LogP contribution in [0.25, 0.3) is 10.9 Å². The minimum Gasteiger partial charge on any atom is -0.353 e. The summed E-state index contributed by atoms with van der Waals surface area (Å²) in [6.07, 6.45) is 6.32. The van der Waals surface area contributed by atoms with Crippen molar-refractivity contribution in [3.63, 3.8) is 0 Å². The lowest BCUT2D eigenvalue weighted by Gasteiger charge is -2.33. The van der Waals surface area contributed by atoms with Gasteiger partial charge in [-0.15, -0.1) is 0 Å². The molecule has 1 heterocycles. The van der Waals surface area contributed by atoms with Crippen molar-refractivity contribution in [1.82, 2.24) is 10.3 Å². The van der Waals surface area contributed by atoms with Crippen molar-refractivity contribution < 1.29 is 9.18 Å². The summed E-state index contributed by atoms with van der Waals surface area (Å²) in [6.45, 7) is 2.10. The van der Waals surface area contributed by atoms with Gasteiger partial charge in [-0.3, -0.25) is 9.78 Å². The predicted octanol–water partition coefficient (Wildman–Crippen LogP) is 6.05. The smallest absolute Gasteiger partial charge is 0.224 e. The molecule has 30 heavy (non-hydrogen) atoms. The fourth-order valence-corrected chi connectivity index (χ4v) is 4.89. The van der Waals surface area contributed by atoms with Crippen molar-refractivity contribution in [2.45, 2.75) is 51.0 Å². The number of nitrogens with one attached hydrogen (secondary N) is 1. The quantitative estimate of drug-likeness (QED) is 0.541. The number of fused-ring (bicyclic) bond motifs is 1. The minimum absolute atomic E-state index is 0.0301. The Morgan fingerprint density at radius 2 is 1.97 bits per heavy atom. The van der Waals surface area contributed by atoms with E-state index in [4.69, 9.17) is 11.6 Å². The van der Waals surface area contributed by atoms with E-state index in [2.05, 4.69) is 17.2 Å². The molecule has 3 aromatic rings.